The van der Waals surface area contributed by atoms with Crippen LogP contribution >= 0.6 is 0 Å². The lowest BCUT2D eigenvalue weighted by Gasteiger charge is -2.47. The molecule has 29 heavy (non-hydrogen) atoms. The molecule has 1 N–H and O–H groups in total. The number of carbonyl (C=O) groups excluding carboxylic acids is 1. The minimum absolute atomic E-state index is 0.0294. The molecule has 0 radical (unpaired) electrons. The first-order valence-corrected chi connectivity index (χ1v) is 9.57. The van der Waals surface area contributed by atoms with E-state index < -0.39 is 18.8 Å². The van der Waals surface area contributed by atoms with Gasteiger partial charge in [-0.25, -0.2) is 4.79 Å². The fraction of sp³-hybridized carbons (Fsp3) is 0.550. The molecule has 1 aromatic carbocycles. The third kappa shape index (κ3) is 4.01. The minimum atomic E-state index is -4.48. The second-order valence-electron chi connectivity index (χ2n) is 7.79. The molecular weight excluding hydrogens is 389 g/mol. The molecule has 0 amide bonds. The van der Waals surface area contributed by atoms with Crippen molar-refractivity contribution in [3.63, 3.8) is 0 Å². The number of benzene rings is 1. The first-order valence-electron chi connectivity index (χ1n) is 9.57. The number of esters is 1. The number of hydrogen-bond acceptors (Lipinski definition) is 5. The summed E-state index contributed by atoms with van der Waals surface area (Å²) in [6, 6.07) is 2.93. The number of piperidine rings is 3. The zero-order valence-corrected chi connectivity index (χ0v) is 16.1. The summed E-state index contributed by atoms with van der Waals surface area (Å²) in [6.07, 6.45) is 0.0334. The number of halogens is 3. The number of alkyl halides is 3. The highest BCUT2D eigenvalue weighted by Crippen LogP contribution is 2.41. The van der Waals surface area contributed by atoms with Crippen LogP contribution in [0.3, 0.4) is 0 Å². The molecule has 2 aromatic rings. The molecule has 0 spiro atoms. The van der Waals surface area contributed by atoms with Gasteiger partial charge < -0.3 is 24.1 Å². The highest BCUT2D eigenvalue weighted by atomic mass is 19.4. The van der Waals surface area contributed by atoms with Crippen LogP contribution in [0.1, 0.15) is 29.6 Å². The smallest absolute Gasteiger partial charge is 0.422 e. The fourth-order valence-electron chi connectivity index (χ4n) is 4.22. The molecule has 0 atom stereocenters. The molecule has 5 rings (SSSR count). The molecule has 4 heterocycles. The lowest BCUT2D eigenvalue weighted by Crippen LogP contribution is -2.50. The molecule has 0 saturated carbocycles. The summed E-state index contributed by atoms with van der Waals surface area (Å²) in [5, 5.41) is 0.355. The number of aromatic nitrogens is 1. The third-order valence-corrected chi connectivity index (χ3v) is 5.96. The summed E-state index contributed by atoms with van der Waals surface area (Å²) in [7, 11) is 1.33. The topological polar surface area (TPSA) is 63.8 Å². The van der Waals surface area contributed by atoms with Crippen LogP contribution in [-0.2, 0) is 4.74 Å². The number of hydrogen-bond donors (Lipinski definition) is 1. The molecule has 6 nitrogen and oxygen atoms in total. The molecule has 0 unspecified atom stereocenters. The number of rotatable bonds is 6. The number of ether oxygens (including phenoxy) is 3. The van der Waals surface area contributed by atoms with Gasteiger partial charge in [-0.3, -0.25) is 0 Å². The molecule has 3 fully saturated rings. The van der Waals surface area contributed by atoms with E-state index >= 15 is 0 Å². The molecule has 3 aliphatic heterocycles. The van der Waals surface area contributed by atoms with Crippen molar-refractivity contribution in [3.8, 4) is 11.5 Å². The Hall–Kier alpha value is -2.42. The van der Waals surface area contributed by atoms with Crippen LogP contribution in [0.4, 0.5) is 13.2 Å². The van der Waals surface area contributed by atoms with E-state index in [4.69, 9.17) is 14.2 Å². The van der Waals surface area contributed by atoms with Crippen LogP contribution < -0.4 is 9.47 Å². The second kappa shape index (κ2) is 7.44. The van der Waals surface area contributed by atoms with Crippen molar-refractivity contribution in [2.24, 2.45) is 5.41 Å². The molecule has 0 aliphatic carbocycles. The lowest BCUT2D eigenvalue weighted by atomic mass is 9.73. The van der Waals surface area contributed by atoms with Crippen LogP contribution in [0, 0.1) is 5.41 Å². The minimum Gasteiger partial charge on any atom is -0.492 e. The van der Waals surface area contributed by atoms with Crippen molar-refractivity contribution >= 4 is 16.9 Å². The molecule has 2 bridgehead atoms. The molecule has 9 heteroatoms. The highest BCUT2D eigenvalue weighted by molar-refractivity contribution is 6.07. The third-order valence-electron chi connectivity index (χ3n) is 5.96. The predicted molar refractivity (Wildman–Crippen MR) is 99.4 cm³/mol. The standard InChI is InChI=1S/C20H23F3N2O4/c1-27-17-15(28-12-20(21,22)23)3-2-14-16(17)13(10-24-14)18(26)29-11-19-4-7-25(8-5-19)9-6-19/h2-3,10,24H,4-9,11-12H2,1H3. The Morgan fingerprint density at radius 2 is 1.90 bits per heavy atom. The van der Waals surface area contributed by atoms with E-state index in [1.54, 1.807) is 6.07 Å². The fourth-order valence-corrected chi connectivity index (χ4v) is 4.22. The van der Waals surface area contributed by atoms with Gasteiger partial charge in [0.2, 0.25) is 0 Å². The lowest BCUT2D eigenvalue weighted by molar-refractivity contribution is -0.153. The number of fused-ring (bicyclic) bond motifs is 4. The second-order valence-corrected chi connectivity index (χ2v) is 7.79. The Kier molecular flexibility index (Phi) is 5.10. The Bertz CT molecular complexity index is 887. The van der Waals surface area contributed by atoms with E-state index in [2.05, 4.69) is 9.88 Å². The monoisotopic (exact) mass is 412 g/mol. The van der Waals surface area contributed by atoms with Crippen molar-refractivity contribution in [2.45, 2.75) is 25.4 Å². The van der Waals surface area contributed by atoms with Gasteiger partial charge in [0.15, 0.2) is 18.1 Å². The van der Waals surface area contributed by atoms with Gasteiger partial charge in [0, 0.05) is 11.6 Å². The van der Waals surface area contributed by atoms with Gasteiger partial charge in [-0.1, -0.05) is 0 Å². The molecule has 158 valence electrons. The van der Waals surface area contributed by atoms with Crippen LogP contribution in [0.5, 0.6) is 11.5 Å². The normalized spacial score (nSPS) is 23.9. The van der Waals surface area contributed by atoms with Crippen molar-refractivity contribution in [2.75, 3.05) is 40.0 Å². The summed E-state index contributed by atoms with van der Waals surface area (Å²) in [6.45, 7) is 1.98. The van der Waals surface area contributed by atoms with Crippen LogP contribution in [0.15, 0.2) is 18.3 Å². The van der Waals surface area contributed by atoms with E-state index in [1.807, 2.05) is 0 Å². The summed E-state index contributed by atoms with van der Waals surface area (Å²) in [4.78, 5) is 18.2. The summed E-state index contributed by atoms with van der Waals surface area (Å²) in [5.74, 6) is -0.529. The van der Waals surface area contributed by atoms with Gasteiger partial charge in [0.25, 0.3) is 0 Å². The SMILES string of the molecule is COc1c(OCC(F)(F)F)ccc2[nH]cc(C(=O)OCC34CCN(CC3)CC4)c12. The zero-order valence-electron chi connectivity index (χ0n) is 16.1. The molecule has 1 aromatic heterocycles. The van der Waals surface area contributed by atoms with Crippen molar-refractivity contribution < 1.29 is 32.2 Å². The van der Waals surface area contributed by atoms with E-state index in [9.17, 15) is 18.0 Å². The molecule has 3 saturated heterocycles. The number of nitrogens with one attached hydrogen (secondary N) is 1. The number of nitrogens with zero attached hydrogens (tertiary/aromatic N) is 1. The maximum Gasteiger partial charge on any atom is 0.422 e. The van der Waals surface area contributed by atoms with Gasteiger partial charge >= 0.3 is 12.1 Å². The van der Waals surface area contributed by atoms with E-state index in [0.29, 0.717) is 17.5 Å². The van der Waals surface area contributed by atoms with E-state index in [0.717, 1.165) is 38.9 Å². The summed E-state index contributed by atoms with van der Waals surface area (Å²) in [5.41, 5.74) is 0.804. The zero-order chi connectivity index (χ0) is 20.6. The van der Waals surface area contributed by atoms with Crippen LogP contribution in [0.25, 0.3) is 10.9 Å². The van der Waals surface area contributed by atoms with E-state index in [-0.39, 0.29) is 22.5 Å². The first kappa shape index (κ1) is 19.9. The first-order chi connectivity index (χ1) is 13.8. The Morgan fingerprint density at radius 3 is 2.52 bits per heavy atom. The maximum atomic E-state index is 12.8. The number of carbonyl (C=O) groups is 1. The Balaban J connectivity index is 1.55. The van der Waals surface area contributed by atoms with Gasteiger partial charge in [0.1, 0.15) is 0 Å². The van der Waals surface area contributed by atoms with E-state index in [1.165, 1.54) is 19.4 Å². The van der Waals surface area contributed by atoms with Crippen molar-refractivity contribution in [1.29, 1.82) is 0 Å². The summed E-state index contributed by atoms with van der Waals surface area (Å²) < 4.78 is 53.4. The average molecular weight is 412 g/mol. The highest BCUT2D eigenvalue weighted by Gasteiger charge is 2.40. The van der Waals surface area contributed by atoms with Gasteiger partial charge in [-0.2, -0.15) is 13.2 Å². The maximum absolute atomic E-state index is 12.8. The Morgan fingerprint density at radius 1 is 1.21 bits per heavy atom. The van der Waals surface area contributed by atoms with Gasteiger partial charge in [-0.05, 0) is 51.0 Å². The predicted octanol–water partition coefficient (Wildman–Crippen LogP) is 3.76. The largest absolute Gasteiger partial charge is 0.492 e. The number of aromatic amines is 1. The Labute approximate surface area is 165 Å². The summed E-state index contributed by atoms with van der Waals surface area (Å²) >= 11 is 0. The average Bonchev–Trinajstić information content (AvgIpc) is 3.15. The molecular formula is C20H23F3N2O4. The quantitative estimate of drug-likeness (QED) is 0.732. The van der Waals surface area contributed by atoms with Gasteiger partial charge in [-0.15, -0.1) is 0 Å². The van der Waals surface area contributed by atoms with Crippen molar-refractivity contribution in [3.05, 3.63) is 23.9 Å². The van der Waals surface area contributed by atoms with Crippen LogP contribution in [0.2, 0.25) is 0 Å². The van der Waals surface area contributed by atoms with Gasteiger partial charge in [0.05, 0.1) is 30.2 Å². The molecule has 3 aliphatic rings. The van der Waals surface area contributed by atoms with Crippen molar-refractivity contribution in [1.82, 2.24) is 9.88 Å². The van der Waals surface area contributed by atoms with Crippen LogP contribution in [-0.4, -0.2) is 62.0 Å². The number of methoxy groups -OCH3 is 1. The number of H-pyrrole nitrogens is 1.